The van der Waals surface area contributed by atoms with Crippen LogP contribution in [0.5, 0.6) is 0 Å². The molecule has 0 spiro atoms. The lowest BCUT2D eigenvalue weighted by Gasteiger charge is -2.13. The number of ether oxygens (including phenoxy) is 1. The van der Waals surface area contributed by atoms with Gasteiger partial charge in [0.05, 0.1) is 24.9 Å². The van der Waals surface area contributed by atoms with Gasteiger partial charge in [-0.1, -0.05) is 13.8 Å². The fourth-order valence-corrected chi connectivity index (χ4v) is 5.02. The van der Waals surface area contributed by atoms with Crippen molar-refractivity contribution in [3.8, 4) is 0 Å². The van der Waals surface area contributed by atoms with Crippen LogP contribution in [0.25, 0.3) is 21.2 Å². The molecule has 3 aromatic heterocycles. The molecule has 0 aliphatic rings. The molecule has 0 aliphatic carbocycles. The monoisotopic (exact) mass is 452 g/mol. The maximum atomic E-state index is 13.3. The zero-order chi connectivity index (χ0) is 23.2. The Balaban J connectivity index is 1.86. The summed E-state index contributed by atoms with van der Waals surface area (Å²) in [4.78, 5) is 43.0. The molecule has 4 aromatic rings. The molecule has 0 saturated carbocycles. The molecule has 0 unspecified atom stereocenters. The largest absolute Gasteiger partial charge is 0.462 e. The summed E-state index contributed by atoms with van der Waals surface area (Å²) >= 11 is 1.15. The Morgan fingerprint density at radius 1 is 1.22 bits per heavy atom. The fraction of sp³-hybridized carbons (Fsp3) is 0.333. The van der Waals surface area contributed by atoms with Gasteiger partial charge in [-0.3, -0.25) is 9.36 Å². The molecular formula is C24H24N2O5S. The van der Waals surface area contributed by atoms with E-state index in [-0.39, 0.29) is 18.7 Å². The van der Waals surface area contributed by atoms with Crippen molar-refractivity contribution in [2.75, 3.05) is 6.61 Å². The van der Waals surface area contributed by atoms with Crippen LogP contribution in [0.15, 0.2) is 38.5 Å². The highest BCUT2D eigenvalue weighted by Crippen LogP contribution is 2.29. The minimum atomic E-state index is -0.470. The van der Waals surface area contributed by atoms with E-state index in [1.54, 1.807) is 13.8 Å². The van der Waals surface area contributed by atoms with Gasteiger partial charge < -0.3 is 9.15 Å². The zero-order valence-corrected chi connectivity index (χ0v) is 19.5. The third-order valence-electron chi connectivity index (χ3n) is 5.56. The van der Waals surface area contributed by atoms with E-state index >= 15 is 0 Å². The predicted octanol–water partition coefficient (Wildman–Crippen LogP) is 4.53. The normalized spacial score (nSPS) is 11.6. The number of thiophene rings is 1. The van der Waals surface area contributed by atoms with Gasteiger partial charge in [-0.05, 0) is 61.1 Å². The van der Waals surface area contributed by atoms with Gasteiger partial charge in [0.25, 0.3) is 5.56 Å². The van der Waals surface area contributed by atoms with Crippen LogP contribution in [0.3, 0.4) is 0 Å². The molecule has 0 bridgehead atoms. The van der Waals surface area contributed by atoms with Crippen LogP contribution in [0, 0.1) is 13.8 Å². The summed E-state index contributed by atoms with van der Waals surface area (Å²) in [5.74, 6) is -0.156. The van der Waals surface area contributed by atoms with Gasteiger partial charge >= 0.3 is 11.6 Å². The highest BCUT2D eigenvalue weighted by atomic mass is 32.1. The van der Waals surface area contributed by atoms with Crippen LogP contribution in [0.2, 0.25) is 0 Å². The van der Waals surface area contributed by atoms with Gasteiger partial charge in [-0.15, -0.1) is 11.3 Å². The lowest BCUT2D eigenvalue weighted by atomic mass is 9.95. The second kappa shape index (κ2) is 8.35. The first-order chi connectivity index (χ1) is 15.2. The predicted molar refractivity (Wildman–Crippen MR) is 125 cm³/mol. The number of carbonyl (C=O) groups is 1. The second-order valence-electron chi connectivity index (χ2n) is 8.08. The van der Waals surface area contributed by atoms with Crippen molar-refractivity contribution < 1.29 is 13.9 Å². The Morgan fingerprint density at radius 3 is 2.66 bits per heavy atom. The number of nitrogens with zero attached hydrogens (tertiary/aromatic N) is 2. The summed E-state index contributed by atoms with van der Waals surface area (Å²) in [5.41, 5.74) is 3.20. The number of benzene rings is 1. The number of aryl methyl sites for hydroxylation is 2. The Hall–Kier alpha value is -3.26. The molecule has 166 valence electrons. The number of carbonyl (C=O) groups excluding carboxylic acids is 1. The molecule has 0 saturated heterocycles. The Kier molecular flexibility index (Phi) is 5.73. The third-order valence-corrected chi connectivity index (χ3v) is 6.74. The first kappa shape index (κ1) is 22.0. The Labute approximate surface area is 188 Å². The Morgan fingerprint density at radius 2 is 1.97 bits per heavy atom. The van der Waals surface area contributed by atoms with Crippen molar-refractivity contribution in [3.63, 3.8) is 0 Å². The van der Waals surface area contributed by atoms with E-state index in [1.165, 1.54) is 17.0 Å². The zero-order valence-electron chi connectivity index (χ0n) is 18.6. The summed E-state index contributed by atoms with van der Waals surface area (Å²) < 4.78 is 12.0. The van der Waals surface area contributed by atoms with Gasteiger partial charge in [0.2, 0.25) is 0 Å². The molecule has 0 N–H and O–H groups in total. The van der Waals surface area contributed by atoms with Gasteiger partial charge in [0.1, 0.15) is 15.3 Å². The van der Waals surface area contributed by atoms with E-state index in [1.807, 2.05) is 19.1 Å². The number of esters is 1. The first-order valence-electron chi connectivity index (χ1n) is 10.4. The molecule has 8 heteroatoms. The molecule has 0 aliphatic heterocycles. The molecule has 0 radical (unpaired) electrons. The molecule has 32 heavy (non-hydrogen) atoms. The minimum Gasteiger partial charge on any atom is -0.462 e. The lowest BCUT2D eigenvalue weighted by Crippen LogP contribution is -2.22. The Bertz CT molecular complexity index is 1480. The van der Waals surface area contributed by atoms with Crippen LogP contribution in [0.1, 0.15) is 58.6 Å². The van der Waals surface area contributed by atoms with Gasteiger partial charge in [0, 0.05) is 11.5 Å². The number of fused-ring (bicyclic) bond motifs is 2. The SMILES string of the molecule is CCOC(=O)c1sc2ncn(Cc3cc(=O)oc4cc(C)c(C(C)C)cc34)c(=O)c2c1C. The maximum absolute atomic E-state index is 13.3. The maximum Gasteiger partial charge on any atom is 0.348 e. The standard InChI is InChI=1S/C24H24N2O5S/c1-6-30-24(29)21-14(5)20-22(32-21)25-11-26(23(20)28)10-15-8-19(27)31-18-7-13(4)16(12(2)3)9-17(15)18/h7-9,11-12H,6,10H2,1-5H3. The summed E-state index contributed by atoms with van der Waals surface area (Å²) in [5, 5.41) is 1.19. The van der Waals surface area contributed by atoms with E-state index in [2.05, 4.69) is 18.8 Å². The quantitative estimate of drug-likeness (QED) is 0.326. The van der Waals surface area contributed by atoms with Crippen LogP contribution in [-0.4, -0.2) is 22.1 Å². The van der Waals surface area contributed by atoms with Crippen LogP contribution < -0.4 is 11.2 Å². The van der Waals surface area contributed by atoms with Crippen LogP contribution in [0.4, 0.5) is 0 Å². The molecule has 0 amide bonds. The summed E-state index contributed by atoms with van der Waals surface area (Å²) in [6.07, 6.45) is 1.45. The fourth-order valence-electron chi connectivity index (χ4n) is 3.99. The lowest BCUT2D eigenvalue weighted by molar-refractivity contribution is 0.0531. The molecular weight excluding hydrogens is 428 g/mol. The van der Waals surface area contributed by atoms with E-state index < -0.39 is 11.6 Å². The van der Waals surface area contributed by atoms with E-state index in [0.29, 0.717) is 37.7 Å². The van der Waals surface area contributed by atoms with Gasteiger partial charge in [-0.2, -0.15) is 0 Å². The van der Waals surface area contributed by atoms with E-state index in [0.717, 1.165) is 27.8 Å². The molecule has 7 nitrogen and oxygen atoms in total. The summed E-state index contributed by atoms with van der Waals surface area (Å²) in [7, 11) is 0. The van der Waals surface area contributed by atoms with Crippen LogP contribution in [-0.2, 0) is 11.3 Å². The number of hydrogen-bond donors (Lipinski definition) is 0. The van der Waals surface area contributed by atoms with Gasteiger partial charge in [0.15, 0.2) is 0 Å². The van der Waals surface area contributed by atoms with Crippen LogP contribution >= 0.6 is 11.3 Å². The van der Waals surface area contributed by atoms with E-state index in [9.17, 15) is 14.4 Å². The van der Waals surface area contributed by atoms with Crippen molar-refractivity contribution in [3.05, 3.63) is 72.4 Å². The third kappa shape index (κ3) is 3.75. The molecule has 0 fully saturated rings. The smallest absolute Gasteiger partial charge is 0.348 e. The highest BCUT2D eigenvalue weighted by molar-refractivity contribution is 7.20. The number of hydrogen-bond acceptors (Lipinski definition) is 7. The molecule has 4 rings (SSSR count). The molecule has 0 atom stereocenters. The van der Waals surface area contributed by atoms with Crippen molar-refractivity contribution in [1.29, 1.82) is 0 Å². The average Bonchev–Trinajstić information content (AvgIpc) is 3.06. The van der Waals surface area contributed by atoms with Gasteiger partial charge in [-0.25, -0.2) is 14.6 Å². The molecule has 1 aromatic carbocycles. The number of rotatable bonds is 5. The molecule has 3 heterocycles. The van der Waals surface area contributed by atoms with Crippen molar-refractivity contribution in [2.24, 2.45) is 0 Å². The van der Waals surface area contributed by atoms with E-state index in [4.69, 9.17) is 9.15 Å². The minimum absolute atomic E-state index is 0.161. The van der Waals surface area contributed by atoms with Crippen molar-refractivity contribution >= 4 is 38.5 Å². The highest BCUT2D eigenvalue weighted by Gasteiger charge is 2.21. The topological polar surface area (TPSA) is 91.4 Å². The average molecular weight is 453 g/mol. The summed E-state index contributed by atoms with van der Waals surface area (Å²) in [6, 6.07) is 5.32. The number of aromatic nitrogens is 2. The second-order valence-corrected chi connectivity index (χ2v) is 9.08. The summed E-state index contributed by atoms with van der Waals surface area (Å²) in [6.45, 7) is 10.1. The van der Waals surface area contributed by atoms with Crippen molar-refractivity contribution in [1.82, 2.24) is 9.55 Å². The first-order valence-corrected chi connectivity index (χ1v) is 11.3. The van der Waals surface area contributed by atoms with Crippen molar-refractivity contribution in [2.45, 2.75) is 47.1 Å².